The van der Waals surface area contributed by atoms with Gasteiger partial charge in [-0.15, -0.1) is 0 Å². The number of piperidine rings is 1. The molecule has 0 radical (unpaired) electrons. The van der Waals surface area contributed by atoms with Crippen LogP contribution in [0, 0.1) is 0 Å². The highest BCUT2D eigenvalue weighted by Crippen LogP contribution is 2.04. The molecule has 0 aliphatic carbocycles. The molecule has 1 heterocycles. The molecule has 1 N–H and O–H groups in total. The number of ether oxygens (including phenoxy) is 1. The second-order valence-electron chi connectivity index (χ2n) is 2.75. The molecule has 1 fully saturated rings. The first-order chi connectivity index (χ1) is 5.74. The number of carbonyl (C=O) groups is 2. The fraction of sp³-hybridized carbons (Fsp3) is 0.750. The van der Waals surface area contributed by atoms with E-state index in [4.69, 9.17) is 4.74 Å². The van der Waals surface area contributed by atoms with Gasteiger partial charge >= 0.3 is 5.97 Å². The number of nitrogens with one attached hydrogen (secondary N) is 1. The van der Waals surface area contributed by atoms with Gasteiger partial charge in [0.05, 0.1) is 6.61 Å². The van der Waals surface area contributed by atoms with E-state index >= 15 is 0 Å². The second kappa shape index (κ2) is 4.21. The monoisotopic (exact) mass is 171 g/mol. The van der Waals surface area contributed by atoms with Gasteiger partial charge in [-0.3, -0.25) is 9.59 Å². The third-order valence-corrected chi connectivity index (χ3v) is 1.80. The molecule has 0 bridgehead atoms. The molecule has 0 aromatic carbocycles. The van der Waals surface area contributed by atoms with Crippen LogP contribution in [0.5, 0.6) is 0 Å². The molecule has 1 aliphatic heterocycles. The van der Waals surface area contributed by atoms with Crippen LogP contribution in [0.3, 0.4) is 0 Å². The fourth-order valence-electron chi connectivity index (χ4n) is 1.20. The molecule has 4 heteroatoms. The summed E-state index contributed by atoms with van der Waals surface area (Å²) in [6.45, 7) is 2.70. The maximum Gasteiger partial charge on any atom is 0.323 e. The normalized spacial score (nSPS) is 23.8. The van der Waals surface area contributed by atoms with E-state index in [1.165, 1.54) is 0 Å². The van der Waals surface area contributed by atoms with Crippen LogP contribution in [0.15, 0.2) is 0 Å². The van der Waals surface area contributed by atoms with Crippen molar-refractivity contribution in [2.45, 2.75) is 25.8 Å². The van der Waals surface area contributed by atoms with Crippen LogP contribution in [0.25, 0.3) is 0 Å². The summed E-state index contributed by atoms with van der Waals surface area (Å²) in [5, 5.41) is 2.94. The summed E-state index contributed by atoms with van der Waals surface area (Å²) < 4.78 is 4.78. The Kier molecular flexibility index (Phi) is 3.22. The number of carbonyl (C=O) groups excluding carboxylic acids is 2. The highest BCUT2D eigenvalue weighted by Gasteiger charge is 2.25. The van der Waals surface area contributed by atoms with Gasteiger partial charge in [-0.1, -0.05) is 0 Å². The summed E-state index contributed by atoms with van der Waals surface area (Å²) >= 11 is 0. The van der Waals surface area contributed by atoms with Crippen LogP contribution in [0.4, 0.5) is 0 Å². The van der Waals surface area contributed by atoms with Crippen LogP contribution in [-0.2, 0) is 14.3 Å². The molecule has 1 rings (SSSR count). The maximum atomic E-state index is 11.1. The Hall–Kier alpha value is -0.900. The Balaban J connectivity index is 2.40. The highest BCUT2D eigenvalue weighted by atomic mass is 16.5. The van der Waals surface area contributed by atoms with Crippen LogP contribution >= 0.6 is 0 Å². The molecule has 1 atom stereocenters. The lowest BCUT2D eigenvalue weighted by atomic mass is 10.0. The first-order valence-corrected chi connectivity index (χ1v) is 4.15. The minimum atomic E-state index is -0.411. The van der Waals surface area contributed by atoms with Crippen molar-refractivity contribution in [1.29, 1.82) is 0 Å². The summed E-state index contributed by atoms with van der Waals surface area (Å²) in [4.78, 5) is 22.0. The smallest absolute Gasteiger partial charge is 0.323 e. The molecule has 68 valence electrons. The van der Waals surface area contributed by atoms with Gasteiger partial charge in [-0.05, 0) is 6.92 Å². The molecular weight excluding hydrogens is 158 g/mol. The van der Waals surface area contributed by atoms with Gasteiger partial charge in [0, 0.05) is 19.4 Å². The van der Waals surface area contributed by atoms with E-state index < -0.39 is 6.04 Å². The molecule has 12 heavy (non-hydrogen) atoms. The first-order valence-electron chi connectivity index (χ1n) is 4.15. The summed E-state index contributed by atoms with van der Waals surface area (Å²) in [5.41, 5.74) is 0. The van der Waals surface area contributed by atoms with Gasteiger partial charge in [-0.25, -0.2) is 0 Å². The van der Waals surface area contributed by atoms with Crippen LogP contribution in [-0.4, -0.2) is 30.9 Å². The SMILES string of the molecule is CCOC(=O)C1CC(=O)CCN1. The van der Waals surface area contributed by atoms with Gasteiger partial charge in [0.2, 0.25) is 0 Å². The van der Waals surface area contributed by atoms with Crippen molar-refractivity contribution in [3.8, 4) is 0 Å². The summed E-state index contributed by atoms with van der Waals surface area (Å²) in [7, 11) is 0. The van der Waals surface area contributed by atoms with E-state index in [1.54, 1.807) is 6.92 Å². The Labute approximate surface area is 71.3 Å². The minimum absolute atomic E-state index is 0.131. The fourth-order valence-corrected chi connectivity index (χ4v) is 1.20. The standard InChI is InChI=1S/C8H13NO3/c1-2-12-8(11)7-5-6(10)3-4-9-7/h7,9H,2-5H2,1H3. The summed E-state index contributed by atoms with van der Waals surface area (Å²) in [6, 6.07) is -0.411. The van der Waals surface area contributed by atoms with Gasteiger partial charge < -0.3 is 10.1 Å². The molecule has 0 aromatic heterocycles. The number of ketones is 1. The number of esters is 1. The zero-order valence-corrected chi connectivity index (χ0v) is 7.13. The Morgan fingerprint density at radius 3 is 3.08 bits per heavy atom. The summed E-state index contributed by atoms with van der Waals surface area (Å²) in [5.74, 6) is -0.183. The number of Topliss-reactive ketones (excluding diaryl/α,β-unsaturated/α-hetero) is 1. The van der Waals surface area contributed by atoms with Crippen molar-refractivity contribution in [2.24, 2.45) is 0 Å². The Bertz CT molecular complexity index is 191. The predicted molar refractivity (Wildman–Crippen MR) is 42.7 cm³/mol. The van der Waals surface area contributed by atoms with Gasteiger partial charge in [-0.2, -0.15) is 0 Å². The zero-order valence-electron chi connectivity index (χ0n) is 7.13. The maximum absolute atomic E-state index is 11.1. The quantitative estimate of drug-likeness (QED) is 0.588. The van der Waals surface area contributed by atoms with Gasteiger partial charge in [0.1, 0.15) is 11.8 Å². The number of hydrogen-bond acceptors (Lipinski definition) is 4. The molecule has 1 saturated heterocycles. The van der Waals surface area contributed by atoms with Gasteiger partial charge in [0.15, 0.2) is 0 Å². The molecule has 4 nitrogen and oxygen atoms in total. The number of rotatable bonds is 2. The Morgan fingerprint density at radius 2 is 2.50 bits per heavy atom. The second-order valence-corrected chi connectivity index (χ2v) is 2.75. The largest absolute Gasteiger partial charge is 0.465 e. The van der Waals surface area contributed by atoms with Crippen molar-refractivity contribution in [2.75, 3.05) is 13.2 Å². The molecule has 0 spiro atoms. The third-order valence-electron chi connectivity index (χ3n) is 1.80. The number of hydrogen-bond donors (Lipinski definition) is 1. The predicted octanol–water partition coefficient (Wildman–Crippen LogP) is -0.129. The van der Waals surface area contributed by atoms with Crippen molar-refractivity contribution in [3.05, 3.63) is 0 Å². The van der Waals surface area contributed by atoms with Crippen molar-refractivity contribution >= 4 is 11.8 Å². The molecule has 0 amide bonds. The van der Waals surface area contributed by atoms with E-state index in [9.17, 15) is 9.59 Å². The first kappa shape index (κ1) is 9.19. The van der Waals surface area contributed by atoms with Gasteiger partial charge in [0.25, 0.3) is 0 Å². The molecule has 0 saturated carbocycles. The van der Waals surface area contributed by atoms with E-state index in [0.717, 1.165) is 0 Å². The van der Waals surface area contributed by atoms with E-state index in [0.29, 0.717) is 19.6 Å². The van der Waals surface area contributed by atoms with E-state index in [2.05, 4.69) is 5.32 Å². The highest BCUT2D eigenvalue weighted by molar-refractivity contribution is 5.87. The van der Waals surface area contributed by atoms with Crippen molar-refractivity contribution < 1.29 is 14.3 Å². The molecule has 0 aromatic rings. The topological polar surface area (TPSA) is 55.4 Å². The average molecular weight is 171 g/mol. The van der Waals surface area contributed by atoms with Crippen LogP contribution in [0.2, 0.25) is 0 Å². The lowest BCUT2D eigenvalue weighted by molar-refractivity contribution is -0.147. The Morgan fingerprint density at radius 1 is 1.75 bits per heavy atom. The lowest BCUT2D eigenvalue weighted by Crippen LogP contribution is -2.44. The summed E-state index contributed by atoms with van der Waals surface area (Å²) in [6.07, 6.45) is 0.800. The average Bonchev–Trinajstić information content (AvgIpc) is 2.05. The molecule has 1 unspecified atom stereocenters. The van der Waals surface area contributed by atoms with Crippen LogP contribution < -0.4 is 5.32 Å². The van der Waals surface area contributed by atoms with Crippen molar-refractivity contribution in [3.63, 3.8) is 0 Å². The van der Waals surface area contributed by atoms with E-state index in [1.807, 2.05) is 0 Å². The minimum Gasteiger partial charge on any atom is -0.465 e. The molecular formula is C8H13NO3. The zero-order chi connectivity index (χ0) is 8.97. The third kappa shape index (κ3) is 2.30. The van der Waals surface area contributed by atoms with E-state index in [-0.39, 0.29) is 18.2 Å². The van der Waals surface area contributed by atoms with Crippen LogP contribution in [0.1, 0.15) is 19.8 Å². The molecule has 1 aliphatic rings. The van der Waals surface area contributed by atoms with Crippen molar-refractivity contribution in [1.82, 2.24) is 5.32 Å². The lowest BCUT2D eigenvalue weighted by Gasteiger charge is -2.20.